The molecule has 1 fully saturated rings. The third-order valence-electron chi connectivity index (χ3n) is 2.52. The van der Waals surface area contributed by atoms with Crippen LogP contribution in [0.25, 0.3) is 0 Å². The summed E-state index contributed by atoms with van der Waals surface area (Å²) in [5.74, 6) is 0.501. The van der Waals surface area contributed by atoms with Crippen molar-refractivity contribution in [1.29, 1.82) is 0 Å². The van der Waals surface area contributed by atoms with E-state index in [4.69, 9.17) is 5.11 Å². The van der Waals surface area contributed by atoms with Crippen LogP contribution in [-0.2, 0) is 4.79 Å². The largest absolute Gasteiger partial charge is 0.480 e. The van der Waals surface area contributed by atoms with E-state index < -0.39 is 5.97 Å². The van der Waals surface area contributed by atoms with E-state index in [9.17, 15) is 4.79 Å². The Morgan fingerprint density at radius 1 is 1.60 bits per heavy atom. The van der Waals surface area contributed by atoms with Crippen molar-refractivity contribution in [3.63, 3.8) is 0 Å². The molecular weight excluding hydrogens is 192 g/mol. The van der Waals surface area contributed by atoms with Crippen LogP contribution in [0, 0.1) is 0 Å². The minimum Gasteiger partial charge on any atom is -0.480 e. The summed E-state index contributed by atoms with van der Waals surface area (Å²) in [6, 6.07) is 5.79. The average Bonchev–Trinajstić information content (AvgIpc) is 3.00. The number of hydrogen-bond donors (Lipinski definition) is 1. The average molecular weight is 206 g/mol. The SMILES string of the molecule is CN(CC(=O)O)c1cccc(C2CC2)n1. The lowest BCUT2D eigenvalue weighted by molar-refractivity contribution is -0.135. The summed E-state index contributed by atoms with van der Waals surface area (Å²) in [4.78, 5) is 16.6. The Balaban J connectivity index is 2.12. The fraction of sp³-hybridized carbons (Fsp3) is 0.455. The number of hydrogen-bond acceptors (Lipinski definition) is 3. The summed E-state index contributed by atoms with van der Waals surface area (Å²) in [5, 5.41) is 8.67. The molecule has 4 heteroatoms. The first-order valence-corrected chi connectivity index (χ1v) is 5.06. The lowest BCUT2D eigenvalue weighted by Gasteiger charge is -2.15. The van der Waals surface area contributed by atoms with Gasteiger partial charge in [0.15, 0.2) is 0 Å². The molecule has 0 aliphatic heterocycles. The van der Waals surface area contributed by atoms with Gasteiger partial charge in [-0.3, -0.25) is 4.79 Å². The standard InChI is InChI=1S/C11H14N2O2/c1-13(7-11(14)15)10-4-2-3-9(12-10)8-5-6-8/h2-4,8H,5-7H2,1H3,(H,14,15). The Bertz CT molecular complexity index is 375. The van der Waals surface area contributed by atoms with Gasteiger partial charge in [0.25, 0.3) is 0 Å². The highest BCUT2D eigenvalue weighted by Gasteiger charge is 2.25. The molecule has 0 saturated heterocycles. The molecule has 2 rings (SSSR count). The van der Waals surface area contributed by atoms with Gasteiger partial charge in [0.2, 0.25) is 0 Å². The van der Waals surface area contributed by atoms with Crippen LogP contribution in [0.5, 0.6) is 0 Å². The van der Waals surface area contributed by atoms with Crippen molar-refractivity contribution in [2.24, 2.45) is 0 Å². The number of pyridine rings is 1. The summed E-state index contributed by atoms with van der Waals surface area (Å²) in [6.45, 7) is -0.0128. The van der Waals surface area contributed by atoms with Crippen LogP contribution >= 0.6 is 0 Å². The first kappa shape index (κ1) is 9.96. The van der Waals surface area contributed by atoms with Gasteiger partial charge in [0, 0.05) is 18.7 Å². The number of carbonyl (C=O) groups is 1. The van der Waals surface area contributed by atoms with E-state index in [1.54, 1.807) is 11.9 Å². The molecule has 1 aliphatic carbocycles. The van der Waals surface area contributed by atoms with E-state index in [0.717, 1.165) is 11.5 Å². The minimum atomic E-state index is -0.837. The van der Waals surface area contributed by atoms with E-state index in [-0.39, 0.29) is 6.54 Å². The van der Waals surface area contributed by atoms with Gasteiger partial charge >= 0.3 is 5.97 Å². The molecule has 1 aromatic heterocycles. The highest BCUT2D eigenvalue weighted by molar-refractivity contribution is 5.72. The molecule has 0 amide bonds. The van der Waals surface area contributed by atoms with Crippen LogP contribution in [0.1, 0.15) is 24.5 Å². The van der Waals surface area contributed by atoms with Gasteiger partial charge in [-0.15, -0.1) is 0 Å². The van der Waals surface area contributed by atoms with Crippen molar-refractivity contribution in [1.82, 2.24) is 4.98 Å². The van der Waals surface area contributed by atoms with Gasteiger partial charge in [-0.05, 0) is 25.0 Å². The van der Waals surface area contributed by atoms with Crippen molar-refractivity contribution in [3.8, 4) is 0 Å². The second-order valence-corrected chi connectivity index (χ2v) is 3.94. The molecule has 80 valence electrons. The molecular formula is C11H14N2O2. The van der Waals surface area contributed by atoms with Gasteiger partial charge in [-0.2, -0.15) is 0 Å². The van der Waals surface area contributed by atoms with Crippen LogP contribution < -0.4 is 4.90 Å². The molecule has 0 spiro atoms. The van der Waals surface area contributed by atoms with Gasteiger partial charge in [0.1, 0.15) is 12.4 Å². The van der Waals surface area contributed by atoms with Crippen LogP contribution in [0.2, 0.25) is 0 Å². The third-order valence-corrected chi connectivity index (χ3v) is 2.52. The summed E-state index contributed by atoms with van der Waals surface area (Å²) in [5.41, 5.74) is 1.09. The molecule has 0 radical (unpaired) electrons. The minimum absolute atomic E-state index is 0.0128. The third kappa shape index (κ3) is 2.46. The van der Waals surface area contributed by atoms with Crippen molar-refractivity contribution in [2.45, 2.75) is 18.8 Å². The zero-order valence-electron chi connectivity index (χ0n) is 8.68. The number of aromatic nitrogens is 1. The fourth-order valence-electron chi connectivity index (χ4n) is 1.54. The van der Waals surface area contributed by atoms with Crippen molar-refractivity contribution >= 4 is 11.8 Å². The number of carboxylic acid groups (broad SMARTS) is 1. The van der Waals surface area contributed by atoms with E-state index in [1.165, 1.54) is 12.8 Å². The smallest absolute Gasteiger partial charge is 0.323 e. The van der Waals surface area contributed by atoms with Gasteiger partial charge in [-0.1, -0.05) is 6.07 Å². The van der Waals surface area contributed by atoms with Crippen molar-refractivity contribution in [2.75, 3.05) is 18.5 Å². The lowest BCUT2D eigenvalue weighted by Crippen LogP contribution is -2.26. The molecule has 0 atom stereocenters. The molecule has 1 aliphatic rings. The van der Waals surface area contributed by atoms with Gasteiger partial charge in [-0.25, -0.2) is 4.98 Å². The Kier molecular flexibility index (Phi) is 2.58. The monoisotopic (exact) mass is 206 g/mol. The zero-order chi connectivity index (χ0) is 10.8. The maximum Gasteiger partial charge on any atom is 0.323 e. The maximum absolute atomic E-state index is 10.5. The molecule has 0 unspecified atom stereocenters. The molecule has 1 saturated carbocycles. The quantitative estimate of drug-likeness (QED) is 0.810. The number of anilines is 1. The fourth-order valence-corrected chi connectivity index (χ4v) is 1.54. The van der Waals surface area contributed by atoms with E-state index in [2.05, 4.69) is 4.98 Å². The molecule has 15 heavy (non-hydrogen) atoms. The normalized spacial score (nSPS) is 15.0. The number of nitrogens with zero attached hydrogens (tertiary/aromatic N) is 2. The predicted octanol–water partition coefficient (Wildman–Crippen LogP) is 1.48. The summed E-state index contributed by atoms with van der Waals surface area (Å²) >= 11 is 0. The number of likely N-dealkylation sites (N-methyl/N-ethyl adjacent to an activating group) is 1. The Morgan fingerprint density at radius 2 is 2.33 bits per heavy atom. The Hall–Kier alpha value is -1.58. The predicted molar refractivity (Wildman–Crippen MR) is 57.1 cm³/mol. The van der Waals surface area contributed by atoms with E-state index in [1.807, 2.05) is 18.2 Å². The highest BCUT2D eigenvalue weighted by atomic mass is 16.4. The first-order chi connectivity index (χ1) is 7.16. The molecule has 0 bridgehead atoms. The Labute approximate surface area is 88.6 Å². The number of carboxylic acids is 1. The summed E-state index contributed by atoms with van der Waals surface area (Å²) in [7, 11) is 1.74. The highest BCUT2D eigenvalue weighted by Crippen LogP contribution is 2.39. The second kappa shape index (κ2) is 3.88. The van der Waals surface area contributed by atoms with Gasteiger partial charge < -0.3 is 10.0 Å². The van der Waals surface area contributed by atoms with Crippen molar-refractivity contribution < 1.29 is 9.90 Å². The number of aliphatic carboxylic acids is 1. The van der Waals surface area contributed by atoms with E-state index in [0.29, 0.717) is 5.92 Å². The summed E-state index contributed by atoms with van der Waals surface area (Å²) in [6.07, 6.45) is 2.41. The maximum atomic E-state index is 10.5. The molecule has 1 N–H and O–H groups in total. The van der Waals surface area contributed by atoms with Crippen LogP contribution in [0.15, 0.2) is 18.2 Å². The van der Waals surface area contributed by atoms with Gasteiger partial charge in [0.05, 0.1) is 0 Å². The molecule has 0 aromatic carbocycles. The van der Waals surface area contributed by atoms with Crippen LogP contribution in [0.4, 0.5) is 5.82 Å². The lowest BCUT2D eigenvalue weighted by atomic mass is 10.2. The topological polar surface area (TPSA) is 53.4 Å². The molecule has 4 nitrogen and oxygen atoms in total. The second-order valence-electron chi connectivity index (χ2n) is 3.94. The van der Waals surface area contributed by atoms with E-state index >= 15 is 0 Å². The van der Waals surface area contributed by atoms with Crippen LogP contribution in [0.3, 0.4) is 0 Å². The van der Waals surface area contributed by atoms with Crippen LogP contribution in [-0.4, -0.2) is 29.7 Å². The number of rotatable bonds is 4. The Morgan fingerprint density at radius 3 is 2.93 bits per heavy atom. The van der Waals surface area contributed by atoms with Crippen molar-refractivity contribution in [3.05, 3.63) is 23.9 Å². The first-order valence-electron chi connectivity index (χ1n) is 5.06. The zero-order valence-corrected chi connectivity index (χ0v) is 8.68. The molecule has 1 aromatic rings. The summed E-state index contributed by atoms with van der Waals surface area (Å²) < 4.78 is 0. The molecule has 1 heterocycles.